The molecule has 0 aliphatic carbocycles. The zero-order chi connectivity index (χ0) is 22.0. The number of carbonyl (C=O) groups excluding carboxylic acids is 1. The maximum atomic E-state index is 13.0. The van der Waals surface area contributed by atoms with Crippen LogP contribution in [0.1, 0.15) is 13.8 Å². The number of hydrogen-bond donors (Lipinski definition) is 1. The molecule has 3 aromatic rings. The molecule has 0 aliphatic heterocycles. The van der Waals surface area contributed by atoms with Gasteiger partial charge in [0.05, 0.1) is 30.4 Å². The number of fused-ring (bicyclic) bond motifs is 1. The van der Waals surface area contributed by atoms with Gasteiger partial charge in [-0.2, -0.15) is 0 Å². The first-order chi connectivity index (χ1) is 14.3. The fourth-order valence-electron chi connectivity index (χ4n) is 3.10. The highest BCUT2D eigenvalue weighted by molar-refractivity contribution is 7.17. The van der Waals surface area contributed by atoms with Gasteiger partial charge in [-0.05, 0) is 23.4 Å². The van der Waals surface area contributed by atoms with E-state index in [1.54, 1.807) is 17.5 Å². The molecule has 160 valence electrons. The molecule has 0 spiro atoms. The van der Waals surface area contributed by atoms with Gasteiger partial charge in [0.15, 0.2) is 0 Å². The monoisotopic (exact) mass is 451 g/mol. The van der Waals surface area contributed by atoms with Gasteiger partial charge in [0.2, 0.25) is 5.91 Å². The lowest BCUT2D eigenvalue weighted by Crippen LogP contribution is -2.42. The predicted molar refractivity (Wildman–Crippen MR) is 118 cm³/mol. The topological polar surface area (TPSA) is 91.6 Å². The molecule has 3 rings (SSSR count). The first-order valence-corrected chi connectivity index (χ1v) is 10.4. The van der Waals surface area contributed by atoms with Crippen molar-refractivity contribution in [2.24, 2.45) is 5.92 Å². The number of hydrogen-bond acceptors (Lipinski definition) is 6. The Labute approximate surface area is 181 Å². The summed E-state index contributed by atoms with van der Waals surface area (Å²) < 4.78 is 13.4. The van der Waals surface area contributed by atoms with Gasteiger partial charge in [0.25, 0.3) is 5.56 Å². The molecule has 2 aromatic heterocycles. The Bertz CT molecular complexity index is 1210. The molecule has 2 heterocycles. The zero-order valence-electron chi connectivity index (χ0n) is 17.0. The first-order valence-electron chi connectivity index (χ1n) is 9.19. The third kappa shape index (κ3) is 4.22. The summed E-state index contributed by atoms with van der Waals surface area (Å²) in [6, 6.07) is 4.74. The van der Waals surface area contributed by atoms with Crippen LogP contribution in [0.15, 0.2) is 33.2 Å². The van der Waals surface area contributed by atoms with Crippen LogP contribution in [0.5, 0.6) is 11.5 Å². The Morgan fingerprint density at radius 2 is 1.87 bits per heavy atom. The highest BCUT2D eigenvalue weighted by Crippen LogP contribution is 2.35. The third-order valence-corrected chi connectivity index (χ3v) is 5.62. The van der Waals surface area contributed by atoms with Crippen LogP contribution in [-0.4, -0.2) is 29.3 Å². The Kier molecular flexibility index (Phi) is 6.52. The largest absolute Gasteiger partial charge is 0.495 e. The van der Waals surface area contributed by atoms with Crippen molar-refractivity contribution in [2.75, 3.05) is 19.5 Å². The second-order valence-electron chi connectivity index (χ2n) is 7.05. The summed E-state index contributed by atoms with van der Waals surface area (Å²) in [6.07, 6.45) is 0. The number of methoxy groups -OCH3 is 2. The number of amides is 1. The number of ether oxygens (including phenoxy) is 2. The standard InChI is InChI=1S/C20H22ClN3O5S/c1-11(2)9-24-19(26)18-14(5-6-30-18)23(20(24)27)10-17(25)22-13-7-12(21)15(28-3)8-16(13)29-4/h5-8,11H,9-10H2,1-4H3,(H,22,25). The summed E-state index contributed by atoms with van der Waals surface area (Å²) in [5, 5.41) is 4.74. The van der Waals surface area contributed by atoms with Crippen LogP contribution in [-0.2, 0) is 17.9 Å². The van der Waals surface area contributed by atoms with Crippen LogP contribution < -0.4 is 26.0 Å². The van der Waals surface area contributed by atoms with Crippen LogP contribution in [0.3, 0.4) is 0 Å². The second-order valence-corrected chi connectivity index (χ2v) is 8.37. The minimum Gasteiger partial charge on any atom is -0.495 e. The van der Waals surface area contributed by atoms with Gasteiger partial charge in [-0.1, -0.05) is 25.4 Å². The number of nitrogens with zero attached hydrogens (tertiary/aromatic N) is 2. The highest BCUT2D eigenvalue weighted by atomic mass is 35.5. The normalized spacial score (nSPS) is 11.1. The maximum absolute atomic E-state index is 13.0. The van der Waals surface area contributed by atoms with E-state index in [9.17, 15) is 14.4 Å². The lowest BCUT2D eigenvalue weighted by Gasteiger charge is -2.15. The number of carbonyl (C=O) groups is 1. The molecule has 0 unspecified atom stereocenters. The predicted octanol–water partition coefficient (Wildman–Crippen LogP) is 3.19. The van der Waals surface area contributed by atoms with Gasteiger partial charge in [-0.3, -0.25) is 18.7 Å². The third-order valence-electron chi connectivity index (χ3n) is 4.43. The number of aromatic nitrogens is 2. The number of nitrogens with one attached hydrogen (secondary N) is 1. The fraction of sp³-hybridized carbons (Fsp3) is 0.350. The summed E-state index contributed by atoms with van der Waals surface area (Å²) in [7, 11) is 2.93. The smallest absolute Gasteiger partial charge is 0.332 e. The zero-order valence-corrected chi connectivity index (χ0v) is 18.6. The van der Waals surface area contributed by atoms with Gasteiger partial charge >= 0.3 is 5.69 Å². The number of anilines is 1. The SMILES string of the molecule is COc1cc(OC)c(NC(=O)Cn2c(=O)n(CC(C)C)c(=O)c3sccc32)cc1Cl. The molecule has 0 saturated carbocycles. The summed E-state index contributed by atoms with van der Waals surface area (Å²) >= 11 is 7.40. The molecular formula is C20H22ClN3O5S. The lowest BCUT2D eigenvalue weighted by atomic mass is 10.2. The van der Waals surface area contributed by atoms with E-state index in [0.29, 0.717) is 32.4 Å². The maximum Gasteiger partial charge on any atom is 0.332 e. The van der Waals surface area contributed by atoms with Gasteiger partial charge in [0.1, 0.15) is 22.7 Å². The van der Waals surface area contributed by atoms with E-state index in [1.165, 1.54) is 40.8 Å². The van der Waals surface area contributed by atoms with Gasteiger partial charge in [-0.15, -0.1) is 11.3 Å². The Morgan fingerprint density at radius 3 is 2.50 bits per heavy atom. The van der Waals surface area contributed by atoms with Crippen molar-refractivity contribution in [3.63, 3.8) is 0 Å². The summed E-state index contributed by atoms with van der Waals surface area (Å²) in [5.74, 6) is 0.408. The fourth-order valence-corrected chi connectivity index (χ4v) is 4.19. The van der Waals surface area contributed by atoms with Gasteiger partial charge < -0.3 is 14.8 Å². The molecule has 1 N–H and O–H groups in total. The van der Waals surface area contributed by atoms with Crippen molar-refractivity contribution < 1.29 is 14.3 Å². The van der Waals surface area contributed by atoms with E-state index in [1.807, 2.05) is 13.8 Å². The summed E-state index contributed by atoms with van der Waals surface area (Å²) in [4.78, 5) is 38.4. The Balaban J connectivity index is 1.98. The van der Waals surface area contributed by atoms with Crippen LogP contribution in [0, 0.1) is 5.92 Å². The van der Waals surface area contributed by atoms with Crippen molar-refractivity contribution in [1.29, 1.82) is 0 Å². The molecule has 10 heteroatoms. The molecule has 1 aromatic carbocycles. The number of thiophene rings is 1. The van der Waals surface area contributed by atoms with Crippen LogP contribution >= 0.6 is 22.9 Å². The quantitative estimate of drug-likeness (QED) is 0.595. The molecule has 0 atom stereocenters. The minimum absolute atomic E-state index is 0.0980. The molecule has 8 nitrogen and oxygen atoms in total. The lowest BCUT2D eigenvalue weighted by molar-refractivity contribution is -0.116. The van der Waals surface area contributed by atoms with E-state index < -0.39 is 11.6 Å². The molecule has 0 radical (unpaired) electrons. The molecule has 30 heavy (non-hydrogen) atoms. The van der Waals surface area contributed by atoms with Crippen molar-refractivity contribution in [1.82, 2.24) is 9.13 Å². The molecule has 0 saturated heterocycles. The molecule has 0 bridgehead atoms. The first kappa shape index (κ1) is 21.9. The van der Waals surface area contributed by atoms with Crippen molar-refractivity contribution in [3.8, 4) is 11.5 Å². The average Bonchev–Trinajstić information content (AvgIpc) is 3.18. The number of benzene rings is 1. The summed E-state index contributed by atoms with van der Waals surface area (Å²) in [6.45, 7) is 3.84. The average molecular weight is 452 g/mol. The highest BCUT2D eigenvalue weighted by Gasteiger charge is 2.18. The van der Waals surface area contributed by atoms with E-state index in [0.717, 1.165) is 0 Å². The summed E-state index contributed by atoms with van der Waals surface area (Å²) in [5.41, 5.74) is -0.0725. The van der Waals surface area contributed by atoms with E-state index in [-0.39, 0.29) is 24.6 Å². The van der Waals surface area contributed by atoms with E-state index >= 15 is 0 Å². The van der Waals surface area contributed by atoms with E-state index in [4.69, 9.17) is 21.1 Å². The Hall–Kier alpha value is -2.78. The van der Waals surface area contributed by atoms with E-state index in [2.05, 4.69) is 5.32 Å². The molecule has 0 fully saturated rings. The van der Waals surface area contributed by atoms with Gasteiger partial charge in [-0.25, -0.2) is 4.79 Å². The number of rotatable bonds is 7. The van der Waals surface area contributed by atoms with Crippen molar-refractivity contribution in [3.05, 3.63) is 49.4 Å². The molecule has 0 aliphatic rings. The molecular weight excluding hydrogens is 430 g/mol. The minimum atomic E-state index is -0.519. The molecule has 1 amide bonds. The van der Waals surface area contributed by atoms with Crippen LogP contribution in [0.25, 0.3) is 10.2 Å². The van der Waals surface area contributed by atoms with Gasteiger partial charge in [0, 0.05) is 12.6 Å². The van der Waals surface area contributed by atoms with Crippen molar-refractivity contribution >= 4 is 44.7 Å². The second kappa shape index (κ2) is 8.93. The Morgan fingerprint density at radius 1 is 1.17 bits per heavy atom. The van der Waals surface area contributed by atoms with Crippen molar-refractivity contribution in [2.45, 2.75) is 26.9 Å². The number of halogens is 1. The van der Waals surface area contributed by atoms with Crippen LogP contribution in [0.2, 0.25) is 5.02 Å². The van der Waals surface area contributed by atoms with Crippen LogP contribution in [0.4, 0.5) is 5.69 Å².